The molecule has 1 aromatic carbocycles. The highest BCUT2D eigenvalue weighted by Crippen LogP contribution is 2.38. The molecule has 1 atom stereocenters. The molecule has 5 nitrogen and oxygen atoms in total. The van der Waals surface area contributed by atoms with Crippen molar-refractivity contribution in [3.05, 3.63) is 35.4 Å². The molecule has 0 saturated carbocycles. The summed E-state index contributed by atoms with van der Waals surface area (Å²) in [5.41, 5.74) is 6.74. The molecule has 2 aliphatic rings. The van der Waals surface area contributed by atoms with Crippen LogP contribution in [0.2, 0.25) is 0 Å². The quantitative estimate of drug-likeness (QED) is 0.903. The molecule has 24 heavy (non-hydrogen) atoms. The highest BCUT2D eigenvalue weighted by Gasteiger charge is 2.52. The Morgan fingerprint density at radius 1 is 1.17 bits per heavy atom. The monoisotopic (exact) mass is 351 g/mol. The molecule has 3 rings (SSSR count). The number of carbonyl (C=O) groups excluding carboxylic acids is 2. The Morgan fingerprint density at radius 2 is 1.79 bits per heavy atom. The maximum absolute atomic E-state index is 13.0. The number of nitrogens with zero attached hydrogens (tertiary/aromatic N) is 2. The smallest absolute Gasteiger partial charge is 0.254 e. The van der Waals surface area contributed by atoms with Crippen LogP contribution in [-0.2, 0) is 11.2 Å². The fourth-order valence-corrected chi connectivity index (χ4v) is 3.97. The lowest BCUT2D eigenvalue weighted by Gasteiger charge is -2.43. The van der Waals surface area contributed by atoms with E-state index in [0.717, 1.165) is 44.2 Å². The first-order valence-corrected chi connectivity index (χ1v) is 8.45. The topological polar surface area (TPSA) is 66.6 Å². The summed E-state index contributed by atoms with van der Waals surface area (Å²) < 4.78 is 0. The van der Waals surface area contributed by atoms with Crippen molar-refractivity contribution < 1.29 is 9.59 Å². The van der Waals surface area contributed by atoms with E-state index in [1.54, 1.807) is 4.90 Å². The van der Waals surface area contributed by atoms with E-state index in [-0.39, 0.29) is 24.2 Å². The lowest BCUT2D eigenvalue weighted by atomic mass is 9.85. The first-order valence-electron chi connectivity index (χ1n) is 8.45. The molecule has 0 aliphatic carbocycles. The molecule has 1 aromatic rings. The average Bonchev–Trinajstić information content (AvgIpc) is 2.97. The zero-order valence-electron chi connectivity index (χ0n) is 14.2. The summed E-state index contributed by atoms with van der Waals surface area (Å²) in [6.45, 7) is 2.06. The van der Waals surface area contributed by atoms with E-state index in [0.29, 0.717) is 18.7 Å². The Morgan fingerprint density at radius 3 is 2.42 bits per heavy atom. The van der Waals surface area contributed by atoms with Gasteiger partial charge in [0.1, 0.15) is 5.54 Å². The van der Waals surface area contributed by atoms with Gasteiger partial charge in [-0.3, -0.25) is 9.59 Å². The summed E-state index contributed by atoms with van der Waals surface area (Å²) in [4.78, 5) is 29.3. The van der Waals surface area contributed by atoms with Crippen molar-refractivity contribution in [1.29, 1.82) is 0 Å². The number of amides is 2. The summed E-state index contributed by atoms with van der Waals surface area (Å²) in [6.07, 6.45) is 4.24. The van der Waals surface area contributed by atoms with Crippen molar-refractivity contribution in [1.82, 2.24) is 9.80 Å². The number of benzene rings is 1. The summed E-state index contributed by atoms with van der Waals surface area (Å²) in [5.74, 6) is 0.0831. The van der Waals surface area contributed by atoms with Crippen molar-refractivity contribution in [2.24, 2.45) is 5.73 Å². The van der Waals surface area contributed by atoms with Crippen LogP contribution in [0.1, 0.15) is 41.6 Å². The van der Waals surface area contributed by atoms with Crippen LogP contribution in [0.5, 0.6) is 0 Å². The van der Waals surface area contributed by atoms with E-state index >= 15 is 0 Å². The maximum atomic E-state index is 13.0. The summed E-state index contributed by atoms with van der Waals surface area (Å²) in [6, 6.07) is 7.63. The van der Waals surface area contributed by atoms with Gasteiger partial charge in [-0.2, -0.15) is 0 Å². The summed E-state index contributed by atoms with van der Waals surface area (Å²) >= 11 is 0. The van der Waals surface area contributed by atoms with Crippen molar-refractivity contribution in [2.45, 2.75) is 37.6 Å². The Labute approximate surface area is 149 Å². The molecule has 1 spiro atoms. The molecular weight excluding hydrogens is 326 g/mol. The molecule has 2 saturated heterocycles. The molecule has 0 radical (unpaired) electrons. The minimum absolute atomic E-state index is 0. The molecule has 2 fully saturated rings. The molecule has 1 unspecified atom stereocenters. The first kappa shape index (κ1) is 18.7. The predicted octanol–water partition coefficient (Wildman–Crippen LogP) is 1.84. The van der Waals surface area contributed by atoms with Gasteiger partial charge in [0, 0.05) is 25.7 Å². The largest absolute Gasteiger partial charge is 0.344 e. The summed E-state index contributed by atoms with van der Waals surface area (Å²) in [5, 5.41) is 0. The number of carbonyl (C=O) groups is 2. The maximum Gasteiger partial charge on any atom is 0.254 e. The Hall–Kier alpha value is -1.59. The third-order valence-electron chi connectivity index (χ3n) is 5.20. The zero-order valence-corrected chi connectivity index (χ0v) is 15.0. The van der Waals surface area contributed by atoms with E-state index < -0.39 is 5.54 Å². The number of hydrogen-bond donors (Lipinski definition) is 1. The Kier molecular flexibility index (Phi) is 5.88. The SMILES string of the molecule is CN1CCCC2(CCCN2C(=O)c2ccc(CCN)cc2)C1=O.Cl. The minimum atomic E-state index is -0.611. The first-order chi connectivity index (χ1) is 11.1. The molecule has 132 valence electrons. The van der Waals surface area contributed by atoms with Gasteiger partial charge in [0.2, 0.25) is 5.91 Å². The number of likely N-dealkylation sites (tertiary alicyclic amines) is 2. The molecular formula is C18H26ClN3O2. The number of nitrogens with two attached hydrogens (primary N) is 1. The highest BCUT2D eigenvalue weighted by molar-refractivity contribution is 6.00. The number of hydrogen-bond acceptors (Lipinski definition) is 3. The summed E-state index contributed by atoms with van der Waals surface area (Å²) in [7, 11) is 1.84. The highest BCUT2D eigenvalue weighted by atomic mass is 35.5. The van der Waals surface area contributed by atoms with Crippen molar-refractivity contribution in [3.8, 4) is 0 Å². The second kappa shape index (κ2) is 7.53. The van der Waals surface area contributed by atoms with E-state index in [9.17, 15) is 9.59 Å². The molecule has 0 aromatic heterocycles. The van der Waals surface area contributed by atoms with Gasteiger partial charge < -0.3 is 15.5 Å². The van der Waals surface area contributed by atoms with Gasteiger partial charge in [-0.05, 0) is 56.3 Å². The third kappa shape index (κ3) is 3.15. The number of rotatable bonds is 3. The van der Waals surface area contributed by atoms with Crippen molar-refractivity contribution >= 4 is 24.2 Å². The van der Waals surface area contributed by atoms with Crippen LogP contribution in [0.4, 0.5) is 0 Å². The van der Waals surface area contributed by atoms with Gasteiger partial charge in [-0.25, -0.2) is 0 Å². The van der Waals surface area contributed by atoms with Crippen LogP contribution >= 0.6 is 12.4 Å². The van der Waals surface area contributed by atoms with Gasteiger partial charge in [-0.15, -0.1) is 12.4 Å². The standard InChI is InChI=1S/C18H25N3O2.ClH/c1-20-12-2-9-18(17(20)23)10-3-13-21(18)16(22)15-6-4-14(5-7-15)8-11-19;/h4-7H,2-3,8-13,19H2,1H3;1H. The van der Waals surface area contributed by atoms with Gasteiger partial charge in [0.25, 0.3) is 5.91 Å². The second-order valence-corrected chi connectivity index (χ2v) is 6.66. The molecule has 2 aliphatic heterocycles. The fraction of sp³-hybridized carbons (Fsp3) is 0.556. The third-order valence-corrected chi connectivity index (χ3v) is 5.20. The molecule has 0 bridgehead atoms. The van der Waals surface area contributed by atoms with Crippen LogP contribution in [0.3, 0.4) is 0 Å². The van der Waals surface area contributed by atoms with Crippen LogP contribution in [0.25, 0.3) is 0 Å². The molecule has 2 heterocycles. The van der Waals surface area contributed by atoms with Gasteiger partial charge in [-0.1, -0.05) is 12.1 Å². The number of halogens is 1. The lowest BCUT2D eigenvalue weighted by molar-refractivity contribution is -0.144. The van der Waals surface area contributed by atoms with Gasteiger partial charge >= 0.3 is 0 Å². The fourth-order valence-electron chi connectivity index (χ4n) is 3.97. The van der Waals surface area contributed by atoms with Gasteiger partial charge in [0.05, 0.1) is 0 Å². The normalized spacial score (nSPS) is 23.5. The van der Waals surface area contributed by atoms with Crippen LogP contribution in [-0.4, -0.2) is 53.8 Å². The molecule has 2 amide bonds. The molecule has 2 N–H and O–H groups in total. The Balaban J connectivity index is 0.00000208. The lowest BCUT2D eigenvalue weighted by Crippen LogP contribution is -2.60. The second-order valence-electron chi connectivity index (χ2n) is 6.66. The predicted molar refractivity (Wildman–Crippen MR) is 96.3 cm³/mol. The number of piperidine rings is 1. The van der Waals surface area contributed by atoms with E-state index in [4.69, 9.17) is 5.73 Å². The van der Waals surface area contributed by atoms with Crippen LogP contribution < -0.4 is 5.73 Å². The van der Waals surface area contributed by atoms with Crippen molar-refractivity contribution in [3.63, 3.8) is 0 Å². The minimum Gasteiger partial charge on any atom is -0.344 e. The molecule has 6 heteroatoms. The number of likely N-dealkylation sites (N-methyl/N-ethyl adjacent to an activating group) is 1. The van der Waals surface area contributed by atoms with E-state index in [1.165, 1.54) is 0 Å². The van der Waals surface area contributed by atoms with Crippen molar-refractivity contribution in [2.75, 3.05) is 26.7 Å². The zero-order chi connectivity index (χ0) is 16.4. The Bertz CT molecular complexity index is 605. The average molecular weight is 352 g/mol. The van der Waals surface area contributed by atoms with Crippen LogP contribution in [0.15, 0.2) is 24.3 Å². The van der Waals surface area contributed by atoms with E-state index in [2.05, 4.69) is 0 Å². The van der Waals surface area contributed by atoms with E-state index in [1.807, 2.05) is 36.2 Å². The van der Waals surface area contributed by atoms with Crippen LogP contribution in [0, 0.1) is 0 Å². The van der Waals surface area contributed by atoms with Gasteiger partial charge in [0.15, 0.2) is 0 Å².